The third kappa shape index (κ3) is 2.69. The van der Waals surface area contributed by atoms with Crippen LogP contribution < -0.4 is 15.1 Å². The van der Waals surface area contributed by atoms with E-state index in [9.17, 15) is 24.8 Å². The van der Waals surface area contributed by atoms with Crippen molar-refractivity contribution >= 4 is 28.9 Å². The Bertz CT molecular complexity index is 1000. The molecule has 0 aromatic heterocycles. The van der Waals surface area contributed by atoms with Gasteiger partial charge in [-0.3, -0.25) is 9.59 Å². The molecule has 0 bridgehead atoms. The van der Waals surface area contributed by atoms with Crippen molar-refractivity contribution in [2.75, 3.05) is 36.0 Å². The molecule has 1 saturated carbocycles. The van der Waals surface area contributed by atoms with Crippen molar-refractivity contribution in [3.63, 3.8) is 0 Å². The van der Waals surface area contributed by atoms with Gasteiger partial charge in [0.1, 0.15) is 17.4 Å². The SMILES string of the molecule is N#Cc1c(N2CC3NCCOC3C2)c(F)cc2c1N(C1CC1)C(C(=O)O)C(=O)C2=O. The van der Waals surface area contributed by atoms with Gasteiger partial charge in [-0.25, -0.2) is 9.18 Å². The van der Waals surface area contributed by atoms with Crippen LogP contribution in [0.4, 0.5) is 15.8 Å². The molecule has 2 N–H and O–H groups in total. The number of aliphatic carboxylic acids is 1. The van der Waals surface area contributed by atoms with E-state index in [1.54, 1.807) is 4.90 Å². The summed E-state index contributed by atoms with van der Waals surface area (Å²) in [6.07, 6.45) is 1.11. The van der Waals surface area contributed by atoms with Crippen molar-refractivity contribution < 1.29 is 28.6 Å². The summed E-state index contributed by atoms with van der Waals surface area (Å²) in [7, 11) is 0. The predicted molar refractivity (Wildman–Crippen MR) is 101 cm³/mol. The van der Waals surface area contributed by atoms with E-state index in [4.69, 9.17) is 4.74 Å². The van der Waals surface area contributed by atoms with Gasteiger partial charge in [0.15, 0.2) is 6.04 Å². The first-order valence-electron chi connectivity index (χ1n) is 9.88. The average molecular weight is 414 g/mol. The number of rotatable bonds is 3. The zero-order valence-corrected chi connectivity index (χ0v) is 15.9. The fourth-order valence-corrected chi connectivity index (χ4v) is 4.75. The number of carbonyl (C=O) groups is 3. The Morgan fingerprint density at radius 3 is 2.70 bits per heavy atom. The van der Waals surface area contributed by atoms with E-state index >= 15 is 4.39 Å². The minimum atomic E-state index is -1.70. The summed E-state index contributed by atoms with van der Waals surface area (Å²) < 4.78 is 20.9. The van der Waals surface area contributed by atoms with E-state index in [2.05, 4.69) is 5.32 Å². The molecule has 5 rings (SSSR count). The predicted octanol–water partition coefficient (Wildman–Crippen LogP) is 0.0618. The molecule has 4 aliphatic rings. The standard InChI is InChI=1S/C20H19FN4O5/c21-12-5-10-15(25(9-1-2-9)17(20(28)29)19(27)18(10)26)11(6-22)16(12)24-7-13-14(8-24)30-4-3-23-13/h5,9,13-14,17,23H,1-4,7-8H2,(H,28,29). The first-order chi connectivity index (χ1) is 14.4. The molecule has 3 atom stereocenters. The van der Waals surface area contributed by atoms with Crippen LogP contribution in [0.15, 0.2) is 6.07 Å². The Morgan fingerprint density at radius 2 is 2.07 bits per heavy atom. The number of nitrogens with one attached hydrogen (secondary N) is 1. The van der Waals surface area contributed by atoms with Gasteiger partial charge in [0.05, 0.1) is 35.7 Å². The van der Waals surface area contributed by atoms with E-state index in [1.165, 1.54) is 4.90 Å². The lowest BCUT2D eigenvalue weighted by Crippen LogP contribution is -2.54. The molecule has 1 aromatic carbocycles. The van der Waals surface area contributed by atoms with Crippen LogP contribution in [-0.4, -0.2) is 73.1 Å². The number of anilines is 2. The van der Waals surface area contributed by atoms with Gasteiger partial charge >= 0.3 is 5.97 Å². The minimum Gasteiger partial charge on any atom is -0.479 e. The lowest BCUT2D eigenvalue weighted by Gasteiger charge is -2.36. The van der Waals surface area contributed by atoms with Crippen LogP contribution in [0.5, 0.6) is 0 Å². The second-order valence-electron chi connectivity index (χ2n) is 8.04. The Labute approximate surface area is 171 Å². The molecule has 1 aromatic rings. The molecule has 9 nitrogen and oxygen atoms in total. The van der Waals surface area contributed by atoms with E-state index < -0.39 is 29.4 Å². The maximum atomic E-state index is 15.2. The molecule has 3 fully saturated rings. The van der Waals surface area contributed by atoms with Gasteiger partial charge in [0, 0.05) is 25.7 Å². The van der Waals surface area contributed by atoms with Crippen LogP contribution in [0, 0.1) is 17.1 Å². The van der Waals surface area contributed by atoms with Crippen molar-refractivity contribution in [3.8, 4) is 6.07 Å². The number of carboxylic acids is 1. The fraction of sp³-hybridized carbons (Fsp3) is 0.500. The van der Waals surface area contributed by atoms with Crippen molar-refractivity contribution in [3.05, 3.63) is 23.0 Å². The Kier molecular flexibility index (Phi) is 4.27. The van der Waals surface area contributed by atoms with Crippen LogP contribution in [-0.2, 0) is 14.3 Å². The maximum Gasteiger partial charge on any atom is 0.334 e. The maximum absolute atomic E-state index is 15.2. The molecule has 1 aliphatic carbocycles. The Balaban J connectivity index is 1.67. The molecule has 10 heteroatoms. The molecular formula is C20H19FN4O5. The quantitative estimate of drug-likeness (QED) is 0.522. The number of carbonyl (C=O) groups excluding carboxylic acids is 2. The largest absolute Gasteiger partial charge is 0.479 e. The molecule has 3 aliphatic heterocycles. The lowest BCUT2D eigenvalue weighted by molar-refractivity contribution is -0.141. The summed E-state index contributed by atoms with van der Waals surface area (Å²) >= 11 is 0. The van der Waals surface area contributed by atoms with Crippen LogP contribution in [0.25, 0.3) is 0 Å². The number of nitriles is 1. The van der Waals surface area contributed by atoms with Crippen molar-refractivity contribution in [1.82, 2.24) is 5.32 Å². The van der Waals surface area contributed by atoms with Crippen LogP contribution in [0.2, 0.25) is 0 Å². The first-order valence-corrected chi connectivity index (χ1v) is 9.88. The molecule has 0 radical (unpaired) electrons. The zero-order valence-electron chi connectivity index (χ0n) is 15.9. The van der Waals surface area contributed by atoms with Gasteiger partial charge in [-0.15, -0.1) is 0 Å². The molecule has 2 saturated heterocycles. The van der Waals surface area contributed by atoms with Gasteiger partial charge < -0.3 is 25.0 Å². The molecule has 0 spiro atoms. The van der Waals surface area contributed by atoms with E-state index in [1.807, 2.05) is 6.07 Å². The van der Waals surface area contributed by atoms with Crippen LogP contribution in [0.3, 0.4) is 0 Å². The highest BCUT2D eigenvalue weighted by atomic mass is 19.1. The number of ketones is 2. The molecule has 30 heavy (non-hydrogen) atoms. The number of morpholine rings is 1. The van der Waals surface area contributed by atoms with Crippen molar-refractivity contribution in [2.45, 2.75) is 37.1 Å². The third-order valence-electron chi connectivity index (χ3n) is 6.19. The number of nitrogens with zero attached hydrogens (tertiary/aromatic N) is 3. The summed E-state index contributed by atoms with van der Waals surface area (Å²) in [6.45, 7) is 1.99. The molecule has 3 unspecified atom stereocenters. The third-order valence-corrected chi connectivity index (χ3v) is 6.19. The number of fused-ring (bicyclic) bond motifs is 2. The van der Waals surface area contributed by atoms with Gasteiger partial charge in [-0.1, -0.05) is 0 Å². The fourth-order valence-electron chi connectivity index (χ4n) is 4.75. The minimum absolute atomic E-state index is 0.0183. The number of carboxylic acid groups (broad SMARTS) is 1. The zero-order chi connectivity index (χ0) is 21.2. The van der Waals surface area contributed by atoms with E-state index in [-0.39, 0.29) is 40.7 Å². The van der Waals surface area contributed by atoms with Gasteiger partial charge in [0.2, 0.25) is 11.6 Å². The second-order valence-corrected chi connectivity index (χ2v) is 8.04. The molecule has 3 heterocycles. The Morgan fingerprint density at radius 1 is 1.30 bits per heavy atom. The number of halogens is 1. The molecular weight excluding hydrogens is 395 g/mol. The summed E-state index contributed by atoms with van der Waals surface area (Å²) in [5, 5.41) is 22.9. The summed E-state index contributed by atoms with van der Waals surface area (Å²) in [5.74, 6) is -4.42. The van der Waals surface area contributed by atoms with Gasteiger partial charge in [-0.2, -0.15) is 5.26 Å². The topological polar surface area (TPSA) is 123 Å². The Hall–Kier alpha value is -3.03. The molecule has 0 amide bonds. The number of ether oxygens (including phenoxy) is 1. The first kappa shape index (κ1) is 19.0. The van der Waals surface area contributed by atoms with Crippen molar-refractivity contribution in [2.24, 2.45) is 0 Å². The smallest absolute Gasteiger partial charge is 0.334 e. The van der Waals surface area contributed by atoms with Crippen LogP contribution >= 0.6 is 0 Å². The number of hydrogen-bond acceptors (Lipinski definition) is 8. The highest BCUT2D eigenvalue weighted by molar-refractivity contribution is 6.51. The van der Waals surface area contributed by atoms with E-state index in [0.29, 0.717) is 39.1 Å². The number of Topliss-reactive ketones (excluding diaryl/α,β-unsaturated/α-hetero) is 2. The van der Waals surface area contributed by atoms with E-state index in [0.717, 1.165) is 6.07 Å². The lowest BCUT2D eigenvalue weighted by atomic mass is 9.89. The normalized spacial score (nSPS) is 28.2. The second kappa shape index (κ2) is 6.75. The van der Waals surface area contributed by atoms with Crippen LogP contribution in [0.1, 0.15) is 28.8 Å². The van der Waals surface area contributed by atoms with Gasteiger partial charge in [-0.05, 0) is 18.9 Å². The summed E-state index contributed by atoms with van der Waals surface area (Å²) in [4.78, 5) is 40.0. The molecule has 156 valence electrons. The summed E-state index contributed by atoms with van der Waals surface area (Å²) in [6, 6.07) is 0.960. The van der Waals surface area contributed by atoms with Gasteiger partial charge in [0.25, 0.3) is 0 Å². The summed E-state index contributed by atoms with van der Waals surface area (Å²) in [5.41, 5.74) is -0.277. The number of hydrogen-bond donors (Lipinski definition) is 2. The highest BCUT2D eigenvalue weighted by Crippen LogP contribution is 2.45. The average Bonchev–Trinajstić information content (AvgIpc) is 3.47. The van der Waals surface area contributed by atoms with Crippen molar-refractivity contribution in [1.29, 1.82) is 5.26 Å². The highest BCUT2D eigenvalue weighted by Gasteiger charge is 2.51. The number of benzene rings is 1. The monoisotopic (exact) mass is 414 g/mol.